The number of sulfonamides is 1. The van der Waals surface area contributed by atoms with Crippen molar-refractivity contribution >= 4 is 33.0 Å². The number of carbonyl (C=O) groups is 1. The van der Waals surface area contributed by atoms with Crippen molar-refractivity contribution in [2.24, 2.45) is 17.8 Å². The highest BCUT2D eigenvalue weighted by Crippen LogP contribution is 2.49. The molecule has 144 valence electrons. The second-order valence-electron chi connectivity index (χ2n) is 7.74. The van der Waals surface area contributed by atoms with Gasteiger partial charge in [0.15, 0.2) is 0 Å². The molecule has 2 N–H and O–H groups in total. The number of rotatable bonds is 6. The van der Waals surface area contributed by atoms with Crippen LogP contribution in [0.5, 0.6) is 0 Å². The van der Waals surface area contributed by atoms with Crippen LogP contribution >= 0.6 is 11.3 Å². The molecule has 2 saturated carbocycles. The van der Waals surface area contributed by atoms with E-state index in [9.17, 15) is 13.2 Å². The van der Waals surface area contributed by atoms with Crippen molar-refractivity contribution in [3.8, 4) is 0 Å². The van der Waals surface area contributed by atoms with Crippen LogP contribution < -0.4 is 10.0 Å². The lowest BCUT2D eigenvalue weighted by molar-refractivity contribution is 0.102. The molecule has 2 aliphatic rings. The molecule has 5 nitrogen and oxygen atoms in total. The fourth-order valence-electron chi connectivity index (χ4n) is 4.62. The minimum Gasteiger partial charge on any atom is -0.322 e. The van der Waals surface area contributed by atoms with E-state index < -0.39 is 10.0 Å². The minimum atomic E-state index is -3.56. The van der Waals surface area contributed by atoms with E-state index in [0.29, 0.717) is 23.1 Å². The smallest absolute Gasteiger partial charge is 0.256 e. The highest BCUT2D eigenvalue weighted by Gasteiger charge is 2.42. The molecule has 1 aromatic heterocycles. The van der Waals surface area contributed by atoms with Crippen molar-refractivity contribution in [1.82, 2.24) is 4.72 Å². The Morgan fingerprint density at radius 1 is 1.15 bits per heavy atom. The molecule has 2 bridgehead atoms. The van der Waals surface area contributed by atoms with E-state index in [1.54, 1.807) is 35.7 Å². The van der Waals surface area contributed by atoms with Gasteiger partial charge in [0.1, 0.15) is 0 Å². The Kier molecular flexibility index (Phi) is 5.09. The molecule has 4 unspecified atom stereocenters. The average Bonchev–Trinajstić information content (AvgIpc) is 3.39. The van der Waals surface area contributed by atoms with Crippen molar-refractivity contribution in [2.75, 3.05) is 5.32 Å². The quantitative estimate of drug-likeness (QED) is 0.761. The number of nitrogens with one attached hydrogen (secondary N) is 2. The Hall–Kier alpha value is -1.70. The van der Waals surface area contributed by atoms with Crippen molar-refractivity contribution < 1.29 is 13.2 Å². The summed E-state index contributed by atoms with van der Waals surface area (Å²) in [5.41, 5.74) is 1.17. The average molecular weight is 405 g/mol. The third-order valence-corrected chi connectivity index (χ3v) is 8.24. The van der Waals surface area contributed by atoms with E-state index in [-0.39, 0.29) is 16.8 Å². The summed E-state index contributed by atoms with van der Waals surface area (Å²) in [7, 11) is -3.56. The molecule has 0 aliphatic heterocycles. The van der Waals surface area contributed by atoms with Crippen molar-refractivity contribution in [3.63, 3.8) is 0 Å². The van der Waals surface area contributed by atoms with Crippen LogP contribution in [0.15, 0.2) is 46.0 Å². The third kappa shape index (κ3) is 3.95. The Bertz CT molecular complexity index is 907. The van der Waals surface area contributed by atoms with E-state index in [0.717, 1.165) is 12.3 Å². The summed E-state index contributed by atoms with van der Waals surface area (Å²) in [5.74, 6) is 1.71. The maximum absolute atomic E-state index is 12.7. The van der Waals surface area contributed by atoms with Gasteiger partial charge in [0, 0.05) is 17.1 Å². The number of anilines is 1. The fourth-order valence-corrected chi connectivity index (χ4v) is 6.55. The number of carbonyl (C=O) groups excluding carboxylic acids is 1. The molecular formula is C20H24N2O3S2. The third-order valence-electron chi connectivity index (χ3n) is 5.98. The molecule has 4 atom stereocenters. The molecule has 0 saturated heterocycles. The molecule has 0 radical (unpaired) electrons. The summed E-state index contributed by atoms with van der Waals surface area (Å²) in [6.45, 7) is 1.98. The van der Waals surface area contributed by atoms with Crippen molar-refractivity contribution in [3.05, 3.63) is 46.7 Å². The zero-order valence-electron chi connectivity index (χ0n) is 15.2. The van der Waals surface area contributed by atoms with Crippen LogP contribution in [0.2, 0.25) is 0 Å². The molecule has 4 rings (SSSR count). The number of hydrogen-bond donors (Lipinski definition) is 2. The number of thiophene rings is 1. The van der Waals surface area contributed by atoms with Crippen LogP contribution in [0.25, 0.3) is 0 Å². The zero-order valence-corrected chi connectivity index (χ0v) is 16.9. The second kappa shape index (κ2) is 7.37. The molecule has 27 heavy (non-hydrogen) atoms. The summed E-state index contributed by atoms with van der Waals surface area (Å²) < 4.78 is 28.3. The van der Waals surface area contributed by atoms with Crippen LogP contribution in [0.1, 0.15) is 43.0 Å². The molecule has 1 amide bonds. The van der Waals surface area contributed by atoms with Gasteiger partial charge in [-0.3, -0.25) is 4.79 Å². The standard InChI is InChI=1S/C20H24N2O3S2/c1-13(19-11-14-2-3-15(19)10-14)22-27(24,25)18-6-4-17(5-7-18)21-20(23)16-8-9-26-12-16/h4-9,12-15,19,22H,2-3,10-11H2,1H3,(H,21,23). The molecule has 1 heterocycles. The summed E-state index contributed by atoms with van der Waals surface area (Å²) in [5, 5.41) is 6.39. The lowest BCUT2D eigenvalue weighted by Crippen LogP contribution is -2.40. The number of benzene rings is 1. The molecule has 2 fully saturated rings. The number of fused-ring (bicyclic) bond motifs is 2. The van der Waals surface area contributed by atoms with Gasteiger partial charge >= 0.3 is 0 Å². The molecule has 2 aliphatic carbocycles. The maximum Gasteiger partial charge on any atom is 0.256 e. The van der Waals surface area contributed by atoms with Gasteiger partial charge in [0.05, 0.1) is 10.5 Å². The molecule has 2 aromatic rings. The van der Waals surface area contributed by atoms with Gasteiger partial charge in [-0.25, -0.2) is 13.1 Å². The normalized spacial score (nSPS) is 25.4. The first-order chi connectivity index (χ1) is 12.9. The van der Waals surface area contributed by atoms with Gasteiger partial charge < -0.3 is 5.32 Å². The SMILES string of the molecule is CC(NS(=O)(=O)c1ccc(NC(=O)c2ccsc2)cc1)C1CC2CCC1C2. The fraction of sp³-hybridized carbons (Fsp3) is 0.450. The molecule has 7 heteroatoms. The minimum absolute atomic E-state index is 0.0525. The summed E-state index contributed by atoms with van der Waals surface area (Å²) in [6, 6.07) is 8.03. The van der Waals surface area contributed by atoms with Crippen molar-refractivity contribution in [2.45, 2.75) is 43.5 Å². The van der Waals surface area contributed by atoms with Crippen LogP contribution in [0, 0.1) is 17.8 Å². The first-order valence-corrected chi connectivity index (χ1v) is 11.8. The largest absolute Gasteiger partial charge is 0.322 e. The molecule has 0 spiro atoms. The highest BCUT2D eigenvalue weighted by atomic mass is 32.2. The first kappa shape index (κ1) is 18.7. The van der Waals surface area contributed by atoms with Gasteiger partial charge in [-0.15, -0.1) is 0 Å². The monoisotopic (exact) mass is 404 g/mol. The molecule has 1 aromatic carbocycles. The lowest BCUT2D eigenvalue weighted by atomic mass is 9.84. The number of hydrogen-bond acceptors (Lipinski definition) is 4. The van der Waals surface area contributed by atoms with Crippen LogP contribution in [0.3, 0.4) is 0 Å². The van der Waals surface area contributed by atoms with Gasteiger partial charge in [0.2, 0.25) is 10.0 Å². The molecular weight excluding hydrogens is 380 g/mol. The predicted molar refractivity (Wildman–Crippen MR) is 107 cm³/mol. The van der Waals surface area contributed by atoms with Crippen LogP contribution in [-0.4, -0.2) is 20.4 Å². The topological polar surface area (TPSA) is 75.3 Å². The van der Waals surface area contributed by atoms with E-state index in [1.807, 2.05) is 12.3 Å². The Morgan fingerprint density at radius 3 is 2.52 bits per heavy atom. The predicted octanol–water partition coefficient (Wildman–Crippen LogP) is 4.10. The summed E-state index contributed by atoms with van der Waals surface area (Å²) in [4.78, 5) is 12.3. The lowest BCUT2D eigenvalue weighted by Gasteiger charge is -2.28. The first-order valence-electron chi connectivity index (χ1n) is 9.38. The Labute approximate surface area is 164 Å². The summed E-state index contributed by atoms with van der Waals surface area (Å²) in [6.07, 6.45) is 4.94. The van der Waals surface area contributed by atoms with Crippen molar-refractivity contribution in [1.29, 1.82) is 0 Å². The van der Waals surface area contributed by atoms with Crippen LogP contribution in [-0.2, 0) is 10.0 Å². The zero-order chi connectivity index (χ0) is 19.0. The van der Waals surface area contributed by atoms with Gasteiger partial charge in [-0.1, -0.05) is 6.42 Å². The van der Waals surface area contributed by atoms with E-state index in [4.69, 9.17) is 0 Å². The Morgan fingerprint density at radius 2 is 1.93 bits per heavy atom. The maximum atomic E-state index is 12.7. The van der Waals surface area contributed by atoms with Gasteiger partial charge in [-0.05, 0) is 79.7 Å². The second-order valence-corrected chi connectivity index (χ2v) is 10.2. The summed E-state index contributed by atoms with van der Waals surface area (Å²) >= 11 is 1.46. The number of amides is 1. The van der Waals surface area contributed by atoms with E-state index >= 15 is 0 Å². The van der Waals surface area contributed by atoms with E-state index in [2.05, 4.69) is 10.0 Å². The highest BCUT2D eigenvalue weighted by molar-refractivity contribution is 7.89. The van der Waals surface area contributed by atoms with Gasteiger partial charge in [-0.2, -0.15) is 11.3 Å². The van der Waals surface area contributed by atoms with E-state index in [1.165, 1.54) is 30.6 Å². The van der Waals surface area contributed by atoms with Crippen LogP contribution in [0.4, 0.5) is 5.69 Å². The Balaban J connectivity index is 1.40. The van der Waals surface area contributed by atoms with Gasteiger partial charge in [0.25, 0.3) is 5.91 Å².